The Hall–Kier alpha value is -3.04. The van der Waals surface area contributed by atoms with E-state index < -0.39 is 12.6 Å². The van der Waals surface area contributed by atoms with Crippen molar-refractivity contribution in [2.45, 2.75) is 31.9 Å². The van der Waals surface area contributed by atoms with Crippen molar-refractivity contribution in [3.05, 3.63) is 59.0 Å². The minimum absolute atomic E-state index is 0.0230. The van der Waals surface area contributed by atoms with E-state index in [0.29, 0.717) is 17.0 Å². The summed E-state index contributed by atoms with van der Waals surface area (Å²) in [6, 6.07) is 13.5. The van der Waals surface area contributed by atoms with Crippen LogP contribution in [0.15, 0.2) is 48.5 Å². The molecule has 2 aromatic carbocycles. The van der Waals surface area contributed by atoms with Crippen molar-refractivity contribution in [1.82, 2.24) is 4.90 Å². The van der Waals surface area contributed by atoms with Crippen LogP contribution >= 0.6 is 11.3 Å². The Morgan fingerprint density at radius 3 is 2.66 bits per heavy atom. The number of alkyl halides is 2. The lowest BCUT2D eigenvalue weighted by Crippen LogP contribution is -2.38. The van der Waals surface area contributed by atoms with Crippen LogP contribution in [0.1, 0.15) is 28.1 Å². The Labute approximate surface area is 187 Å². The van der Waals surface area contributed by atoms with Crippen LogP contribution in [0, 0.1) is 0 Å². The molecule has 4 rings (SSSR count). The monoisotopic (exact) mass is 460 g/mol. The molecular weight excluding hydrogens is 438 g/mol. The Kier molecular flexibility index (Phi) is 6.66. The van der Waals surface area contributed by atoms with E-state index in [1.54, 1.807) is 0 Å². The number of nitrogens with zero attached hydrogens (tertiary/aromatic N) is 1. The number of likely N-dealkylation sites (tertiary alicyclic amines) is 1. The maximum atomic E-state index is 12.6. The van der Waals surface area contributed by atoms with Crippen molar-refractivity contribution in [1.29, 1.82) is 0 Å². The molecule has 0 spiro atoms. The molecule has 6 nitrogen and oxygen atoms in total. The number of carboxylic acid groups (broad SMARTS) is 1. The highest BCUT2D eigenvalue weighted by Gasteiger charge is 2.29. The van der Waals surface area contributed by atoms with Crippen LogP contribution in [0.5, 0.6) is 5.75 Å². The summed E-state index contributed by atoms with van der Waals surface area (Å²) < 4.78 is 29.8. The lowest BCUT2D eigenvalue weighted by atomic mass is 10.0. The number of aromatic carboxylic acids is 1. The van der Waals surface area contributed by atoms with E-state index >= 15 is 0 Å². The van der Waals surface area contributed by atoms with Crippen molar-refractivity contribution in [2.24, 2.45) is 0 Å². The zero-order valence-electron chi connectivity index (χ0n) is 17.1. The normalized spacial score (nSPS) is 16.5. The number of fused-ring (bicyclic) bond motifs is 1. The summed E-state index contributed by atoms with van der Waals surface area (Å²) in [7, 11) is 0. The van der Waals surface area contributed by atoms with Gasteiger partial charge >= 0.3 is 12.6 Å². The number of benzene rings is 2. The number of amides is 1. The predicted molar refractivity (Wildman–Crippen MR) is 119 cm³/mol. The molecule has 1 amide bonds. The largest absolute Gasteiger partial charge is 0.477 e. The van der Waals surface area contributed by atoms with Crippen LogP contribution in [0.25, 0.3) is 10.1 Å². The fraction of sp³-hybridized carbons (Fsp3) is 0.304. The number of carbonyl (C=O) groups is 2. The van der Waals surface area contributed by atoms with Crippen molar-refractivity contribution >= 4 is 39.0 Å². The number of nitrogens with one attached hydrogen (secondary N) is 1. The number of thiophene rings is 1. The average molecular weight is 461 g/mol. The van der Waals surface area contributed by atoms with E-state index in [0.717, 1.165) is 35.0 Å². The van der Waals surface area contributed by atoms with Gasteiger partial charge in [0.25, 0.3) is 0 Å². The summed E-state index contributed by atoms with van der Waals surface area (Å²) in [6.07, 6.45) is 2.39. The highest BCUT2D eigenvalue weighted by molar-refractivity contribution is 7.21. The molecule has 1 aliphatic heterocycles. The van der Waals surface area contributed by atoms with E-state index in [2.05, 4.69) is 15.0 Å². The van der Waals surface area contributed by atoms with Gasteiger partial charge in [-0.3, -0.25) is 9.69 Å². The summed E-state index contributed by atoms with van der Waals surface area (Å²) >= 11 is 1.28. The molecule has 9 heteroatoms. The molecule has 1 aromatic heterocycles. The van der Waals surface area contributed by atoms with Gasteiger partial charge in [-0.05, 0) is 67.1 Å². The molecule has 3 aromatic rings. The number of ether oxygens (including phenoxy) is 1. The molecule has 1 fully saturated rings. The van der Waals surface area contributed by atoms with E-state index in [9.17, 15) is 23.5 Å². The van der Waals surface area contributed by atoms with Gasteiger partial charge in [0.15, 0.2) is 0 Å². The molecule has 1 atom stereocenters. The lowest BCUT2D eigenvalue weighted by molar-refractivity contribution is -0.117. The van der Waals surface area contributed by atoms with E-state index in [4.69, 9.17) is 0 Å². The lowest BCUT2D eigenvalue weighted by Gasteiger charge is -2.24. The number of carboxylic acids is 1. The van der Waals surface area contributed by atoms with Gasteiger partial charge in [-0.15, -0.1) is 11.3 Å². The summed E-state index contributed by atoms with van der Waals surface area (Å²) in [5, 5.41) is 13.4. The van der Waals surface area contributed by atoms with Crippen LogP contribution in [0.2, 0.25) is 0 Å². The highest BCUT2D eigenvalue weighted by atomic mass is 32.1. The third-order valence-electron chi connectivity index (χ3n) is 5.54. The molecule has 0 aliphatic carbocycles. The topological polar surface area (TPSA) is 78.9 Å². The highest BCUT2D eigenvalue weighted by Crippen LogP contribution is 2.34. The molecule has 0 bridgehead atoms. The van der Waals surface area contributed by atoms with E-state index in [1.807, 2.05) is 24.3 Å². The van der Waals surface area contributed by atoms with Gasteiger partial charge in [0, 0.05) is 16.4 Å². The number of hydrogen-bond donors (Lipinski definition) is 2. The Bertz CT molecular complexity index is 1120. The van der Waals surface area contributed by atoms with Crippen LogP contribution in [-0.4, -0.2) is 47.6 Å². The summed E-state index contributed by atoms with van der Waals surface area (Å²) in [5.41, 5.74) is 1.31. The first-order chi connectivity index (χ1) is 15.4. The van der Waals surface area contributed by atoms with Crippen molar-refractivity contribution < 1.29 is 28.2 Å². The Balaban J connectivity index is 1.42. The quantitative estimate of drug-likeness (QED) is 0.503. The van der Waals surface area contributed by atoms with Crippen LogP contribution in [0.3, 0.4) is 0 Å². The number of anilines is 1. The molecule has 0 unspecified atom stereocenters. The first-order valence-electron chi connectivity index (χ1n) is 10.2. The van der Waals surface area contributed by atoms with Crippen molar-refractivity contribution in [3.63, 3.8) is 0 Å². The zero-order chi connectivity index (χ0) is 22.7. The smallest absolute Gasteiger partial charge is 0.387 e. The van der Waals surface area contributed by atoms with Gasteiger partial charge in [-0.2, -0.15) is 8.78 Å². The Morgan fingerprint density at radius 2 is 1.94 bits per heavy atom. The second-order valence-electron chi connectivity index (χ2n) is 7.63. The third-order valence-corrected chi connectivity index (χ3v) is 6.74. The van der Waals surface area contributed by atoms with Gasteiger partial charge in [0.1, 0.15) is 10.6 Å². The van der Waals surface area contributed by atoms with E-state index in [1.165, 1.54) is 35.6 Å². The predicted octanol–water partition coefficient (Wildman–Crippen LogP) is 4.85. The molecule has 1 aliphatic rings. The third kappa shape index (κ3) is 5.05. The van der Waals surface area contributed by atoms with Crippen LogP contribution < -0.4 is 10.1 Å². The number of hydrogen-bond acceptors (Lipinski definition) is 5. The summed E-state index contributed by atoms with van der Waals surface area (Å²) in [6.45, 7) is -1.97. The fourth-order valence-corrected chi connectivity index (χ4v) is 5.22. The minimum atomic E-state index is -2.90. The second kappa shape index (κ2) is 9.62. The standard InChI is InChI=1S/C23H22F2N2O4S/c24-23(25)31-16-9-7-14(8-10-16)26-20(28)13-27-11-3-4-15(27)12-18-17-5-1-2-6-19(17)32-21(18)22(29)30/h1-2,5-10,15,23H,3-4,11-13H2,(H,26,28)(H,29,30)/t15-/m1/s1. The number of rotatable bonds is 8. The summed E-state index contributed by atoms with van der Waals surface area (Å²) in [5.74, 6) is -1.12. The molecule has 32 heavy (non-hydrogen) atoms. The van der Waals surface area contributed by atoms with Gasteiger partial charge in [0.2, 0.25) is 5.91 Å². The van der Waals surface area contributed by atoms with Gasteiger partial charge in [-0.1, -0.05) is 18.2 Å². The molecule has 0 saturated carbocycles. The van der Waals surface area contributed by atoms with Crippen molar-refractivity contribution in [2.75, 3.05) is 18.4 Å². The first kappa shape index (κ1) is 22.2. The van der Waals surface area contributed by atoms with Gasteiger partial charge in [-0.25, -0.2) is 4.79 Å². The molecule has 1 saturated heterocycles. The average Bonchev–Trinajstić information content (AvgIpc) is 3.34. The van der Waals surface area contributed by atoms with Crippen LogP contribution in [0.4, 0.5) is 14.5 Å². The zero-order valence-corrected chi connectivity index (χ0v) is 17.9. The molecule has 2 heterocycles. The number of carbonyl (C=O) groups excluding carboxylic acids is 1. The SMILES string of the molecule is O=C(CN1CCC[C@@H]1Cc1c(C(=O)O)sc2ccccc12)Nc1ccc(OC(F)F)cc1. The molecule has 0 radical (unpaired) electrons. The second-order valence-corrected chi connectivity index (χ2v) is 8.68. The fourth-order valence-electron chi connectivity index (χ4n) is 4.15. The maximum Gasteiger partial charge on any atom is 0.387 e. The summed E-state index contributed by atoms with van der Waals surface area (Å²) in [4.78, 5) is 26.8. The van der Waals surface area contributed by atoms with Gasteiger partial charge in [0.05, 0.1) is 6.54 Å². The maximum absolute atomic E-state index is 12.6. The minimum Gasteiger partial charge on any atom is -0.477 e. The molecule has 168 valence electrons. The Morgan fingerprint density at radius 1 is 1.19 bits per heavy atom. The van der Waals surface area contributed by atoms with Crippen molar-refractivity contribution in [3.8, 4) is 5.75 Å². The number of halogens is 2. The molecule has 2 N–H and O–H groups in total. The van der Waals surface area contributed by atoms with E-state index in [-0.39, 0.29) is 24.2 Å². The first-order valence-corrected chi connectivity index (χ1v) is 11.0. The van der Waals surface area contributed by atoms with Crippen LogP contribution in [-0.2, 0) is 11.2 Å². The van der Waals surface area contributed by atoms with Gasteiger partial charge < -0.3 is 15.2 Å². The molecular formula is C23H22F2N2O4S.